The Morgan fingerprint density at radius 3 is 2.80 bits per heavy atom. The maximum absolute atomic E-state index is 11.5. The van der Waals surface area contributed by atoms with Crippen molar-refractivity contribution in [1.29, 1.82) is 0 Å². The molecule has 0 saturated heterocycles. The Hall–Kier alpha value is -1.50. The number of hydrogen-bond donors (Lipinski definition) is 2. The van der Waals surface area contributed by atoms with E-state index in [4.69, 9.17) is 5.11 Å². The van der Waals surface area contributed by atoms with E-state index in [2.05, 4.69) is 14.9 Å². The zero-order valence-electron chi connectivity index (χ0n) is 7.71. The summed E-state index contributed by atoms with van der Waals surface area (Å²) in [6.45, 7) is 0. The molecule has 2 rings (SSSR count). The zero-order valence-corrected chi connectivity index (χ0v) is 8.53. The van der Waals surface area contributed by atoms with E-state index >= 15 is 0 Å². The van der Waals surface area contributed by atoms with Gasteiger partial charge in [-0.3, -0.25) is 9.59 Å². The predicted molar refractivity (Wildman–Crippen MR) is 51.5 cm³/mol. The van der Waals surface area contributed by atoms with Crippen molar-refractivity contribution in [2.24, 2.45) is 5.92 Å². The second kappa shape index (κ2) is 3.93. The number of hydrogen-bond acceptors (Lipinski definition) is 5. The van der Waals surface area contributed by atoms with Crippen LogP contribution >= 0.6 is 11.5 Å². The third-order valence-corrected chi connectivity index (χ3v) is 3.07. The molecule has 7 heteroatoms. The summed E-state index contributed by atoms with van der Waals surface area (Å²) in [6.07, 6.45) is 2.41. The minimum atomic E-state index is -0.792. The van der Waals surface area contributed by atoms with Gasteiger partial charge in [0.1, 0.15) is 4.88 Å². The summed E-state index contributed by atoms with van der Waals surface area (Å²) >= 11 is 1.03. The Morgan fingerprint density at radius 1 is 1.53 bits per heavy atom. The molecule has 0 aliphatic heterocycles. The lowest BCUT2D eigenvalue weighted by atomic mass is 9.80. The van der Waals surface area contributed by atoms with Crippen LogP contribution in [0.15, 0.2) is 6.20 Å². The van der Waals surface area contributed by atoms with E-state index in [1.807, 2.05) is 0 Å². The fourth-order valence-corrected chi connectivity index (χ4v) is 1.88. The maximum Gasteiger partial charge on any atom is 0.306 e. The van der Waals surface area contributed by atoms with Crippen LogP contribution in [0, 0.1) is 5.92 Å². The van der Waals surface area contributed by atoms with Gasteiger partial charge in [-0.05, 0) is 24.4 Å². The second-order valence-corrected chi connectivity index (χ2v) is 4.24. The summed E-state index contributed by atoms with van der Waals surface area (Å²) in [5.74, 6) is -1.33. The molecular formula is C8H9N3O3S. The highest BCUT2D eigenvalue weighted by Crippen LogP contribution is 2.27. The molecule has 1 amide bonds. The van der Waals surface area contributed by atoms with Crippen LogP contribution in [0.2, 0.25) is 0 Å². The number of aromatic nitrogens is 2. The van der Waals surface area contributed by atoms with Gasteiger partial charge in [0, 0.05) is 6.04 Å². The van der Waals surface area contributed by atoms with Gasteiger partial charge in [0.15, 0.2) is 0 Å². The van der Waals surface area contributed by atoms with Gasteiger partial charge in [0.05, 0.1) is 12.1 Å². The normalized spacial score (nSPS) is 24.3. The Balaban J connectivity index is 1.81. The summed E-state index contributed by atoms with van der Waals surface area (Å²) in [6, 6.07) is -0.0271. The molecule has 0 aromatic carbocycles. The van der Waals surface area contributed by atoms with Crippen LogP contribution in [0.3, 0.4) is 0 Å². The van der Waals surface area contributed by atoms with E-state index in [0.29, 0.717) is 17.7 Å². The van der Waals surface area contributed by atoms with Gasteiger partial charge in [-0.15, -0.1) is 5.10 Å². The Kier molecular flexibility index (Phi) is 2.63. The molecule has 2 N–H and O–H groups in total. The molecule has 1 aliphatic rings. The molecule has 0 unspecified atom stereocenters. The van der Waals surface area contributed by atoms with Crippen molar-refractivity contribution in [3.05, 3.63) is 11.1 Å². The molecule has 6 nitrogen and oxygen atoms in total. The number of carboxylic acids is 1. The molecule has 1 aliphatic carbocycles. The first-order chi connectivity index (χ1) is 7.16. The minimum absolute atomic E-state index is 0.0271. The Bertz CT molecular complexity index is 372. The van der Waals surface area contributed by atoms with Crippen molar-refractivity contribution in [3.63, 3.8) is 0 Å². The van der Waals surface area contributed by atoms with Crippen LogP contribution in [0.5, 0.6) is 0 Å². The molecule has 0 bridgehead atoms. The van der Waals surface area contributed by atoms with Gasteiger partial charge in [0.2, 0.25) is 0 Å². The molecule has 0 radical (unpaired) electrons. The fraction of sp³-hybridized carbons (Fsp3) is 0.500. The first-order valence-electron chi connectivity index (χ1n) is 4.48. The highest BCUT2D eigenvalue weighted by atomic mass is 32.1. The lowest BCUT2D eigenvalue weighted by molar-refractivity contribution is -0.145. The van der Waals surface area contributed by atoms with Crippen molar-refractivity contribution in [2.45, 2.75) is 18.9 Å². The molecule has 1 fully saturated rings. The average Bonchev–Trinajstić information content (AvgIpc) is 2.61. The smallest absolute Gasteiger partial charge is 0.306 e. The SMILES string of the molecule is O=C(NC1CC(C(=O)O)C1)c1cnns1. The number of carboxylic acid groups (broad SMARTS) is 1. The molecule has 1 aromatic rings. The third-order valence-electron chi connectivity index (χ3n) is 2.41. The van der Waals surface area contributed by atoms with E-state index in [1.54, 1.807) is 0 Å². The van der Waals surface area contributed by atoms with Crippen LogP contribution in [0.1, 0.15) is 22.5 Å². The van der Waals surface area contributed by atoms with Gasteiger partial charge >= 0.3 is 5.97 Å². The number of nitrogens with one attached hydrogen (secondary N) is 1. The Labute approximate surface area is 89.5 Å². The monoisotopic (exact) mass is 227 g/mol. The van der Waals surface area contributed by atoms with E-state index in [9.17, 15) is 9.59 Å². The quantitative estimate of drug-likeness (QED) is 0.765. The first-order valence-corrected chi connectivity index (χ1v) is 5.25. The van der Waals surface area contributed by atoms with Crippen molar-refractivity contribution < 1.29 is 14.7 Å². The maximum atomic E-state index is 11.5. The molecule has 1 saturated carbocycles. The molecule has 1 aromatic heterocycles. The largest absolute Gasteiger partial charge is 0.481 e. The number of carbonyl (C=O) groups is 2. The van der Waals surface area contributed by atoms with Crippen molar-refractivity contribution in [3.8, 4) is 0 Å². The fourth-order valence-electron chi connectivity index (χ4n) is 1.46. The highest BCUT2D eigenvalue weighted by molar-refractivity contribution is 7.07. The molecule has 0 atom stereocenters. The third kappa shape index (κ3) is 2.12. The molecule has 0 spiro atoms. The lowest BCUT2D eigenvalue weighted by Crippen LogP contribution is -2.46. The van der Waals surface area contributed by atoms with Crippen molar-refractivity contribution in [1.82, 2.24) is 14.9 Å². The number of nitrogens with zero attached hydrogens (tertiary/aromatic N) is 2. The number of aliphatic carboxylic acids is 1. The van der Waals surface area contributed by atoms with Gasteiger partial charge in [-0.2, -0.15) is 0 Å². The number of rotatable bonds is 3. The van der Waals surface area contributed by atoms with Crippen LogP contribution in [0.4, 0.5) is 0 Å². The topological polar surface area (TPSA) is 92.2 Å². The predicted octanol–water partition coefficient (Wildman–Crippen LogP) is 0.131. The minimum Gasteiger partial charge on any atom is -0.481 e. The van der Waals surface area contributed by atoms with Crippen LogP contribution in [-0.4, -0.2) is 32.6 Å². The van der Waals surface area contributed by atoms with Crippen molar-refractivity contribution >= 4 is 23.4 Å². The zero-order chi connectivity index (χ0) is 10.8. The van der Waals surface area contributed by atoms with Crippen LogP contribution in [-0.2, 0) is 4.79 Å². The first kappa shape index (κ1) is 10.0. The van der Waals surface area contributed by atoms with Crippen molar-refractivity contribution in [2.75, 3.05) is 0 Å². The second-order valence-electron chi connectivity index (χ2n) is 3.46. The van der Waals surface area contributed by atoms with Gasteiger partial charge < -0.3 is 10.4 Å². The summed E-state index contributed by atoms with van der Waals surface area (Å²) in [5.41, 5.74) is 0. The molecule has 80 valence electrons. The Morgan fingerprint density at radius 2 is 2.27 bits per heavy atom. The van der Waals surface area contributed by atoms with Gasteiger partial charge in [-0.1, -0.05) is 4.49 Å². The van der Waals surface area contributed by atoms with E-state index in [0.717, 1.165) is 11.5 Å². The summed E-state index contributed by atoms with van der Waals surface area (Å²) in [5, 5.41) is 14.9. The number of amides is 1. The molecule has 1 heterocycles. The van der Waals surface area contributed by atoms with E-state index in [1.165, 1.54) is 6.20 Å². The van der Waals surface area contributed by atoms with Crippen LogP contribution < -0.4 is 5.32 Å². The summed E-state index contributed by atoms with van der Waals surface area (Å²) < 4.78 is 3.57. The number of carbonyl (C=O) groups excluding carboxylic acids is 1. The highest BCUT2D eigenvalue weighted by Gasteiger charge is 2.35. The molecular weight excluding hydrogens is 218 g/mol. The average molecular weight is 227 g/mol. The standard InChI is InChI=1S/C8H9N3O3S/c12-7(6-3-9-11-15-6)10-5-1-4(2-5)8(13)14/h3-5H,1-2H2,(H,10,12)(H,13,14). The van der Waals surface area contributed by atoms with Gasteiger partial charge in [0.25, 0.3) is 5.91 Å². The molecule has 15 heavy (non-hydrogen) atoms. The summed E-state index contributed by atoms with van der Waals surface area (Å²) in [4.78, 5) is 22.4. The van der Waals surface area contributed by atoms with E-state index in [-0.39, 0.29) is 17.9 Å². The lowest BCUT2D eigenvalue weighted by Gasteiger charge is -2.32. The summed E-state index contributed by atoms with van der Waals surface area (Å²) in [7, 11) is 0. The van der Waals surface area contributed by atoms with Crippen LogP contribution in [0.25, 0.3) is 0 Å². The van der Waals surface area contributed by atoms with E-state index < -0.39 is 5.97 Å². The van der Waals surface area contributed by atoms with Gasteiger partial charge in [-0.25, -0.2) is 0 Å².